The minimum atomic E-state index is -3.96. The highest BCUT2D eigenvalue weighted by molar-refractivity contribution is 7.50. The molecule has 14 heavy (non-hydrogen) atoms. The van der Waals surface area contributed by atoms with E-state index in [1.54, 1.807) is 0 Å². The maximum Gasteiger partial charge on any atom is 0.524 e. The molecule has 0 bridgehead atoms. The van der Waals surface area contributed by atoms with Crippen LogP contribution in [0.3, 0.4) is 0 Å². The van der Waals surface area contributed by atoms with Crippen LogP contribution in [0, 0.1) is 0 Å². The van der Waals surface area contributed by atoms with Crippen LogP contribution >= 0.6 is 54.8 Å². The number of hydroxylamine groups is 2. The molecule has 0 saturated heterocycles. The zero-order valence-electron chi connectivity index (χ0n) is 6.87. The minimum absolute atomic E-state index is 0.251. The summed E-state index contributed by atoms with van der Waals surface area (Å²) in [5.41, 5.74) is 0. The van der Waals surface area contributed by atoms with Gasteiger partial charge in [-0.1, -0.05) is 0 Å². The Morgan fingerprint density at radius 1 is 1.07 bits per heavy atom. The Labute approximate surface area is 102 Å². The summed E-state index contributed by atoms with van der Waals surface area (Å²) in [5.74, 6) is 0.503. The van der Waals surface area contributed by atoms with Crippen molar-refractivity contribution in [3.05, 3.63) is 0 Å². The Bertz CT molecular complexity index is 182. The Hall–Kier alpha value is 1.23. The van der Waals surface area contributed by atoms with E-state index in [0.29, 0.717) is 0 Å². The molecule has 0 aromatic rings. The summed E-state index contributed by atoms with van der Waals surface area (Å²) in [6, 6.07) is 0. The summed E-state index contributed by atoms with van der Waals surface area (Å²) in [4.78, 5) is 0. The average molecular weight is 307 g/mol. The van der Waals surface area contributed by atoms with Gasteiger partial charge in [0.2, 0.25) is 0 Å². The standard InChI is InChI=1S/C4H8Cl4NO4P/c5-1-3-9(4-2-6)13-14(10,11-7)12-8/h1-4H2. The molecule has 0 heterocycles. The predicted molar refractivity (Wildman–Crippen MR) is 55.6 cm³/mol. The van der Waals surface area contributed by atoms with E-state index < -0.39 is 7.82 Å². The van der Waals surface area contributed by atoms with Crippen molar-refractivity contribution in [1.82, 2.24) is 5.06 Å². The molecule has 0 amide bonds. The van der Waals surface area contributed by atoms with Gasteiger partial charge in [0, 0.05) is 24.8 Å². The van der Waals surface area contributed by atoms with Gasteiger partial charge in [0.15, 0.2) is 0 Å². The molecule has 0 rings (SSSR count). The van der Waals surface area contributed by atoms with Crippen molar-refractivity contribution in [3.63, 3.8) is 0 Å². The van der Waals surface area contributed by atoms with Crippen LogP contribution in [0.4, 0.5) is 0 Å². The van der Waals surface area contributed by atoms with Gasteiger partial charge in [-0.2, -0.15) is 17.8 Å². The van der Waals surface area contributed by atoms with Gasteiger partial charge in [-0.25, -0.2) is 4.57 Å². The molecule has 0 spiro atoms. The highest BCUT2D eigenvalue weighted by Crippen LogP contribution is 2.52. The van der Waals surface area contributed by atoms with Crippen molar-refractivity contribution in [3.8, 4) is 0 Å². The molecule has 0 aliphatic heterocycles. The van der Waals surface area contributed by atoms with Crippen LogP contribution < -0.4 is 0 Å². The van der Waals surface area contributed by atoms with Gasteiger partial charge in [0.1, 0.15) is 0 Å². The van der Waals surface area contributed by atoms with E-state index >= 15 is 0 Å². The largest absolute Gasteiger partial charge is 0.524 e. The Kier molecular flexibility index (Phi) is 9.13. The second-order valence-corrected chi connectivity index (χ2v) is 4.89. The summed E-state index contributed by atoms with van der Waals surface area (Å²) >= 11 is 20.6. The van der Waals surface area contributed by atoms with Gasteiger partial charge < -0.3 is 0 Å². The molecule has 0 saturated carbocycles. The van der Waals surface area contributed by atoms with E-state index in [4.69, 9.17) is 51.6 Å². The van der Waals surface area contributed by atoms with Crippen molar-refractivity contribution in [2.24, 2.45) is 0 Å². The second kappa shape index (κ2) is 8.39. The fourth-order valence-electron chi connectivity index (χ4n) is 0.559. The first-order valence-corrected chi connectivity index (χ1v) is 6.54. The maximum atomic E-state index is 11.3. The highest BCUT2D eigenvalue weighted by Gasteiger charge is 2.30. The van der Waals surface area contributed by atoms with Crippen molar-refractivity contribution in [1.29, 1.82) is 0 Å². The summed E-state index contributed by atoms with van der Waals surface area (Å²) < 4.78 is 23.8. The summed E-state index contributed by atoms with van der Waals surface area (Å²) in [7, 11) is -3.96. The van der Waals surface area contributed by atoms with Crippen molar-refractivity contribution in [2.75, 3.05) is 24.8 Å². The second-order valence-electron chi connectivity index (χ2n) is 1.97. The normalized spacial score (nSPS) is 12.4. The van der Waals surface area contributed by atoms with E-state index in [9.17, 15) is 4.57 Å². The first-order chi connectivity index (χ1) is 6.61. The lowest BCUT2D eigenvalue weighted by Gasteiger charge is -2.20. The minimum Gasteiger partial charge on any atom is -0.223 e. The Morgan fingerprint density at radius 3 is 1.79 bits per heavy atom. The number of halogens is 4. The van der Waals surface area contributed by atoms with E-state index in [1.807, 2.05) is 0 Å². The van der Waals surface area contributed by atoms with E-state index in [2.05, 4.69) is 8.15 Å². The molecule has 0 unspecified atom stereocenters. The molecule has 5 nitrogen and oxygen atoms in total. The monoisotopic (exact) mass is 305 g/mol. The number of hydrogen-bond acceptors (Lipinski definition) is 5. The SMILES string of the molecule is O=P(OCl)(OCl)ON(CCCl)CCCl. The lowest BCUT2D eigenvalue weighted by molar-refractivity contribution is -0.0662. The van der Waals surface area contributed by atoms with Gasteiger partial charge in [-0.3, -0.25) is 0 Å². The lowest BCUT2D eigenvalue weighted by Crippen LogP contribution is -2.27. The van der Waals surface area contributed by atoms with E-state index in [1.165, 1.54) is 5.06 Å². The third kappa shape index (κ3) is 5.95. The maximum absolute atomic E-state index is 11.3. The fraction of sp³-hybridized carbons (Fsp3) is 1.00. The molecular formula is C4H8Cl4NO4P. The number of nitrogens with zero attached hydrogens (tertiary/aromatic N) is 1. The van der Waals surface area contributed by atoms with E-state index in [0.717, 1.165) is 0 Å². The van der Waals surface area contributed by atoms with E-state index in [-0.39, 0.29) is 24.8 Å². The molecule has 0 atom stereocenters. The van der Waals surface area contributed by atoms with Gasteiger partial charge in [-0.15, -0.1) is 23.2 Å². The van der Waals surface area contributed by atoms with Crippen LogP contribution in [0.5, 0.6) is 0 Å². The lowest BCUT2D eigenvalue weighted by atomic mass is 10.6. The van der Waals surface area contributed by atoms with Crippen molar-refractivity contribution >= 4 is 54.8 Å². The van der Waals surface area contributed by atoms with Gasteiger partial charge >= 0.3 is 7.82 Å². The number of phosphoric acid groups is 1. The molecule has 0 N–H and O–H groups in total. The average Bonchev–Trinajstić information content (AvgIpc) is 2.18. The van der Waals surface area contributed by atoms with Gasteiger partial charge in [0.05, 0.1) is 23.7 Å². The quantitative estimate of drug-likeness (QED) is 0.392. The molecule has 10 heteroatoms. The summed E-state index contributed by atoms with van der Waals surface area (Å²) in [6.07, 6.45) is 0. The van der Waals surface area contributed by atoms with Crippen LogP contribution in [0.15, 0.2) is 0 Å². The third-order valence-electron chi connectivity index (χ3n) is 1.05. The molecule has 0 radical (unpaired) electrons. The zero-order valence-corrected chi connectivity index (χ0v) is 10.8. The van der Waals surface area contributed by atoms with Crippen LogP contribution in [0.2, 0.25) is 0 Å². The molecule has 0 aromatic carbocycles. The molecule has 0 fully saturated rings. The number of alkyl halides is 2. The van der Waals surface area contributed by atoms with Gasteiger partial charge in [0.25, 0.3) is 0 Å². The summed E-state index contributed by atoms with van der Waals surface area (Å²) in [5, 5.41) is 1.19. The van der Waals surface area contributed by atoms with Crippen LogP contribution in [0.25, 0.3) is 0 Å². The molecule has 86 valence electrons. The van der Waals surface area contributed by atoms with Crippen molar-refractivity contribution in [2.45, 2.75) is 0 Å². The fourth-order valence-corrected chi connectivity index (χ4v) is 1.86. The highest BCUT2D eigenvalue weighted by atomic mass is 35.5. The topological polar surface area (TPSA) is 48.0 Å². The van der Waals surface area contributed by atoms with Crippen LogP contribution in [0.1, 0.15) is 0 Å². The van der Waals surface area contributed by atoms with Crippen LogP contribution in [-0.4, -0.2) is 29.9 Å². The predicted octanol–water partition coefficient (Wildman–Crippen LogP) is 3.15. The Morgan fingerprint density at radius 2 is 1.50 bits per heavy atom. The van der Waals surface area contributed by atoms with Crippen LogP contribution in [-0.2, 0) is 17.3 Å². The first-order valence-electron chi connectivity index (χ1n) is 3.39. The third-order valence-corrected chi connectivity index (χ3v) is 3.17. The van der Waals surface area contributed by atoms with Gasteiger partial charge in [-0.05, 0) is 0 Å². The molecule has 0 aliphatic carbocycles. The molecule has 0 aromatic heterocycles. The Balaban J connectivity index is 4.18. The first kappa shape index (κ1) is 15.2. The molecular weight excluding hydrogens is 299 g/mol. The molecule has 0 aliphatic rings. The van der Waals surface area contributed by atoms with Crippen molar-refractivity contribution < 1.29 is 17.3 Å². The number of rotatable bonds is 8. The zero-order chi connectivity index (χ0) is 11.0. The smallest absolute Gasteiger partial charge is 0.223 e. The number of hydrogen-bond donors (Lipinski definition) is 0. The summed E-state index contributed by atoms with van der Waals surface area (Å²) in [6.45, 7) is 0.553.